The summed E-state index contributed by atoms with van der Waals surface area (Å²) in [6.07, 6.45) is -0.138. The van der Waals surface area contributed by atoms with E-state index in [0.29, 0.717) is 17.9 Å². The minimum atomic E-state index is -4.14. The maximum absolute atomic E-state index is 12.5. The van der Waals surface area contributed by atoms with Gasteiger partial charge in [0, 0.05) is 15.7 Å². The van der Waals surface area contributed by atoms with Crippen LogP contribution in [0.4, 0.5) is 0 Å². The monoisotopic (exact) mass is 330 g/mol. The van der Waals surface area contributed by atoms with Crippen LogP contribution in [0.25, 0.3) is 0 Å². The van der Waals surface area contributed by atoms with Crippen molar-refractivity contribution in [2.24, 2.45) is 5.14 Å². The van der Waals surface area contributed by atoms with Crippen molar-refractivity contribution in [3.8, 4) is 0 Å². The molecule has 0 fully saturated rings. The van der Waals surface area contributed by atoms with Crippen molar-refractivity contribution < 1.29 is 20.9 Å². The SMILES string of the molecule is [3H]C([3H])([3H])[C@H]1C[C@H](NCC)c2cc(S(N)(=O)=O)sc2S1(=O)=O. The normalized spacial score (nSPS) is 29.1. The minimum Gasteiger partial charge on any atom is -0.310 e. The topological polar surface area (TPSA) is 106 Å². The number of nitrogens with two attached hydrogens (primary N) is 1. The molecule has 108 valence electrons. The number of hydrogen-bond donors (Lipinski definition) is 2. The van der Waals surface area contributed by atoms with Gasteiger partial charge >= 0.3 is 0 Å². The van der Waals surface area contributed by atoms with Crippen molar-refractivity contribution in [1.29, 1.82) is 0 Å². The number of sulfonamides is 1. The van der Waals surface area contributed by atoms with E-state index in [9.17, 15) is 16.8 Å². The molecule has 9 heteroatoms. The van der Waals surface area contributed by atoms with E-state index in [1.54, 1.807) is 6.92 Å². The van der Waals surface area contributed by atoms with Crippen LogP contribution in [-0.4, -0.2) is 28.6 Å². The zero-order valence-electron chi connectivity index (χ0n) is 13.1. The van der Waals surface area contributed by atoms with Crippen molar-refractivity contribution in [3.05, 3.63) is 11.6 Å². The Labute approximate surface area is 121 Å². The Morgan fingerprint density at radius 2 is 2.32 bits per heavy atom. The molecule has 0 aliphatic carbocycles. The zero-order valence-corrected chi connectivity index (χ0v) is 12.5. The summed E-state index contributed by atoms with van der Waals surface area (Å²) in [7, 11) is -8.19. The summed E-state index contributed by atoms with van der Waals surface area (Å²) < 4.78 is 69.9. The van der Waals surface area contributed by atoms with E-state index in [0.717, 1.165) is 0 Å². The van der Waals surface area contributed by atoms with E-state index < -0.39 is 38.0 Å². The Hall–Kier alpha value is -0.480. The van der Waals surface area contributed by atoms with Crippen LogP contribution in [-0.2, 0) is 19.9 Å². The minimum absolute atomic E-state index is 0.138. The first-order valence-electron chi connectivity index (χ1n) is 7.03. The third kappa shape index (κ3) is 2.57. The molecule has 1 aliphatic heterocycles. The highest BCUT2D eigenvalue weighted by Gasteiger charge is 2.39. The largest absolute Gasteiger partial charge is 0.310 e. The second-order valence-corrected chi connectivity index (χ2v) is 9.40. The van der Waals surface area contributed by atoms with Crippen LogP contribution >= 0.6 is 11.3 Å². The molecule has 2 rings (SSSR count). The molecule has 3 N–H and O–H groups in total. The third-order valence-electron chi connectivity index (χ3n) is 2.89. The molecule has 1 aromatic rings. The van der Waals surface area contributed by atoms with E-state index in [1.807, 2.05) is 0 Å². The van der Waals surface area contributed by atoms with Gasteiger partial charge in [-0.15, -0.1) is 11.3 Å². The molecular weight excluding hydrogens is 308 g/mol. The molecule has 2 atom stereocenters. The summed E-state index contributed by atoms with van der Waals surface area (Å²) in [5.74, 6) is 0. The average molecular weight is 330 g/mol. The molecule has 19 heavy (non-hydrogen) atoms. The van der Waals surface area contributed by atoms with Crippen LogP contribution in [0.2, 0.25) is 0 Å². The van der Waals surface area contributed by atoms with Gasteiger partial charge in [0.2, 0.25) is 10.0 Å². The van der Waals surface area contributed by atoms with Gasteiger partial charge in [0.1, 0.15) is 8.42 Å². The van der Waals surface area contributed by atoms with Crippen LogP contribution in [0.1, 0.15) is 35.9 Å². The van der Waals surface area contributed by atoms with Gasteiger partial charge in [0.15, 0.2) is 9.84 Å². The third-order valence-corrected chi connectivity index (χ3v) is 7.90. The Bertz CT molecular complexity index is 783. The number of rotatable bonds is 3. The van der Waals surface area contributed by atoms with Crippen LogP contribution in [0, 0.1) is 0 Å². The molecule has 0 saturated heterocycles. The van der Waals surface area contributed by atoms with Gasteiger partial charge in [-0.25, -0.2) is 22.0 Å². The van der Waals surface area contributed by atoms with Crippen LogP contribution in [0.15, 0.2) is 14.5 Å². The zero-order chi connectivity index (χ0) is 16.9. The second kappa shape index (κ2) is 4.81. The van der Waals surface area contributed by atoms with Crippen molar-refractivity contribution in [2.75, 3.05) is 6.54 Å². The molecule has 0 saturated carbocycles. The van der Waals surface area contributed by atoms with E-state index in [-0.39, 0.29) is 20.4 Å². The highest BCUT2D eigenvalue weighted by Crippen LogP contribution is 2.42. The van der Waals surface area contributed by atoms with Crippen LogP contribution < -0.4 is 10.5 Å². The highest BCUT2D eigenvalue weighted by molar-refractivity contribution is 7.95. The summed E-state index contributed by atoms with van der Waals surface area (Å²) in [5, 5.41) is 6.49. The highest BCUT2D eigenvalue weighted by atomic mass is 32.3. The lowest BCUT2D eigenvalue weighted by Crippen LogP contribution is -2.33. The van der Waals surface area contributed by atoms with Gasteiger partial charge in [0.25, 0.3) is 0 Å². The number of sulfone groups is 1. The van der Waals surface area contributed by atoms with Gasteiger partial charge in [-0.05, 0) is 25.9 Å². The summed E-state index contributed by atoms with van der Waals surface area (Å²) in [6.45, 7) is -0.408. The molecule has 0 amide bonds. The first-order chi connectivity index (χ1) is 9.89. The summed E-state index contributed by atoms with van der Waals surface area (Å²) in [4.78, 5) is 0. The quantitative estimate of drug-likeness (QED) is 0.844. The van der Waals surface area contributed by atoms with Crippen molar-refractivity contribution >= 4 is 31.2 Å². The van der Waals surface area contributed by atoms with Crippen LogP contribution in [0.5, 0.6) is 0 Å². The molecule has 0 bridgehead atoms. The average Bonchev–Trinajstić information content (AvgIpc) is 2.77. The number of nitrogens with one attached hydrogen (secondary N) is 1. The lowest BCUT2D eigenvalue weighted by molar-refractivity contribution is 0.477. The Morgan fingerprint density at radius 3 is 2.84 bits per heavy atom. The summed E-state index contributed by atoms with van der Waals surface area (Å²) in [6, 6.07) is 0.677. The Kier molecular flexibility index (Phi) is 2.84. The van der Waals surface area contributed by atoms with E-state index in [1.165, 1.54) is 6.07 Å². The van der Waals surface area contributed by atoms with Crippen molar-refractivity contribution in [1.82, 2.24) is 5.32 Å². The van der Waals surface area contributed by atoms with Crippen LogP contribution in [0.3, 0.4) is 0 Å². The molecule has 0 radical (unpaired) electrons. The lowest BCUT2D eigenvalue weighted by atomic mass is 10.1. The van der Waals surface area contributed by atoms with Gasteiger partial charge < -0.3 is 5.32 Å². The molecule has 0 unspecified atom stereocenters. The Balaban J connectivity index is 2.68. The molecule has 1 aliphatic rings. The summed E-state index contributed by atoms with van der Waals surface area (Å²) in [5.41, 5.74) is 0.274. The lowest BCUT2D eigenvalue weighted by Gasteiger charge is -2.27. The fourth-order valence-electron chi connectivity index (χ4n) is 2.01. The molecule has 0 aromatic carbocycles. The fourth-order valence-corrected chi connectivity index (χ4v) is 6.18. The summed E-state index contributed by atoms with van der Waals surface area (Å²) >= 11 is 0.508. The van der Waals surface area contributed by atoms with E-state index in [2.05, 4.69) is 5.32 Å². The maximum atomic E-state index is 12.5. The van der Waals surface area contributed by atoms with E-state index >= 15 is 0 Å². The number of thiophene rings is 1. The number of primary sulfonamides is 1. The standard InChI is InChI=1S/C10H16N2O4S3/c1-3-12-8-4-6(2)18(13,14)10-7(8)5-9(17-10)19(11,15)16/h5-6,8,12H,3-4H2,1-2H3,(H2,11,15,16)/t6-,8-/m0/s1/i2T3. The molecule has 1 aromatic heterocycles. The van der Waals surface area contributed by atoms with Gasteiger partial charge in [-0.2, -0.15) is 0 Å². The molecular formula is C10H16N2O4S3. The molecule has 6 nitrogen and oxygen atoms in total. The Morgan fingerprint density at radius 1 is 1.63 bits per heavy atom. The van der Waals surface area contributed by atoms with Crippen molar-refractivity contribution in [3.63, 3.8) is 0 Å². The fraction of sp³-hybridized carbons (Fsp3) is 0.600. The number of fused-ring (bicyclic) bond motifs is 1. The predicted molar refractivity (Wildman–Crippen MR) is 73.4 cm³/mol. The smallest absolute Gasteiger partial charge is 0.247 e. The van der Waals surface area contributed by atoms with Crippen molar-refractivity contribution in [2.45, 2.75) is 39.9 Å². The van der Waals surface area contributed by atoms with Gasteiger partial charge in [0.05, 0.1) is 5.25 Å². The first kappa shape index (κ1) is 11.2. The first-order valence-corrected chi connectivity index (χ1v) is 9.43. The molecule has 0 spiro atoms. The number of hydrogen-bond acceptors (Lipinski definition) is 6. The second-order valence-electron chi connectivity index (χ2n) is 4.23. The van der Waals surface area contributed by atoms with E-state index in [4.69, 9.17) is 9.25 Å². The maximum Gasteiger partial charge on any atom is 0.247 e. The van der Waals surface area contributed by atoms with Gasteiger partial charge in [-0.3, -0.25) is 0 Å². The predicted octanol–water partition coefficient (Wildman–Crippen LogP) is 0.612. The van der Waals surface area contributed by atoms with Gasteiger partial charge in [-0.1, -0.05) is 6.92 Å². The molecule has 2 heterocycles.